The van der Waals surface area contributed by atoms with E-state index in [1.54, 1.807) is 18.6 Å². The highest BCUT2D eigenvalue weighted by Crippen LogP contribution is 2.18. The van der Waals surface area contributed by atoms with E-state index < -0.39 is 0 Å². The van der Waals surface area contributed by atoms with Crippen LogP contribution >= 0.6 is 0 Å². The fourth-order valence-corrected chi connectivity index (χ4v) is 2.12. The lowest BCUT2D eigenvalue weighted by Gasteiger charge is -2.06. The second kappa shape index (κ2) is 6.63. The van der Waals surface area contributed by atoms with Crippen LogP contribution in [0.4, 0.5) is 0 Å². The second-order valence-corrected chi connectivity index (χ2v) is 4.82. The van der Waals surface area contributed by atoms with Crippen molar-refractivity contribution in [2.45, 2.75) is 6.54 Å². The maximum Gasteiger partial charge on any atom is 0.251 e. The minimum atomic E-state index is -0.108. The molecule has 0 spiro atoms. The molecule has 4 heteroatoms. The molecule has 1 amide bonds. The van der Waals surface area contributed by atoms with Gasteiger partial charge in [-0.15, -0.1) is 0 Å². The normalized spacial score (nSPS) is 10.2. The third-order valence-electron chi connectivity index (χ3n) is 3.30. The number of amides is 1. The topological polar surface area (TPSA) is 54.9 Å². The van der Waals surface area contributed by atoms with Crippen LogP contribution in [0.25, 0.3) is 11.1 Å². The molecule has 3 rings (SSSR count). The van der Waals surface area contributed by atoms with Crippen LogP contribution in [-0.2, 0) is 6.54 Å². The summed E-state index contributed by atoms with van der Waals surface area (Å²) in [6, 6.07) is 17.0. The van der Waals surface area contributed by atoms with Gasteiger partial charge in [0.15, 0.2) is 0 Å². The van der Waals surface area contributed by atoms with Crippen LogP contribution in [-0.4, -0.2) is 15.9 Å². The first kappa shape index (κ1) is 13.9. The van der Waals surface area contributed by atoms with Crippen molar-refractivity contribution in [2.24, 2.45) is 0 Å². The third kappa shape index (κ3) is 3.35. The number of carbonyl (C=O) groups is 1. The molecule has 1 N–H and O–H groups in total. The molecule has 2 heterocycles. The van der Waals surface area contributed by atoms with E-state index in [1.165, 1.54) is 0 Å². The molecule has 0 atom stereocenters. The number of aromatic nitrogens is 2. The number of nitrogens with zero attached hydrogens (tertiary/aromatic N) is 2. The van der Waals surface area contributed by atoms with Crippen LogP contribution in [0.5, 0.6) is 0 Å². The molecule has 0 aliphatic rings. The molecular formula is C18H15N3O. The number of nitrogens with one attached hydrogen (secondary N) is 1. The molecule has 22 heavy (non-hydrogen) atoms. The van der Waals surface area contributed by atoms with Crippen molar-refractivity contribution in [3.8, 4) is 11.1 Å². The molecular weight excluding hydrogens is 274 g/mol. The van der Waals surface area contributed by atoms with E-state index in [4.69, 9.17) is 0 Å². The van der Waals surface area contributed by atoms with Crippen LogP contribution < -0.4 is 5.32 Å². The van der Waals surface area contributed by atoms with Gasteiger partial charge in [-0.3, -0.25) is 14.8 Å². The van der Waals surface area contributed by atoms with Gasteiger partial charge in [-0.2, -0.15) is 0 Å². The van der Waals surface area contributed by atoms with E-state index in [-0.39, 0.29) is 5.91 Å². The number of hydrogen-bond donors (Lipinski definition) is 1. The fraction of sp³-hybridized carbons (Fsp3) is 0.0556. The minimum absolute atomic E-state index is 0.108. The van der Waals surface area contributed by atoms with E-state index in [0.29, 0.717) is 12.1 Å². The van der Waals surface area contributed by atoms with Crippen molar-refractivity contribution < 1.29 is 4.79 Å². The molecule has 0 aliphatic heterocycles. The van der Waals surface area contributed by atoms with E-state index >= 15 is 0 Å². The highest BCUT2D eigenvalue weighted by Gasteiger charge is 2.06. The van der Waals surface area contributed by atoms with Crippen molar-refractivity contribution in [3.05, 3.63) is 84.4 Å². The zero-order chi connectivity index (χ0) is 15.2. The second-order valence-electron chi connectivity index (χ2n) is 4.82. The average Bonchev–Trinajstić information content (AvgIpc) is 2.61. The standard InChI is InChI=1S/C18H15N3O/c22-18(21-13-17-5-1-2-11-20-17)15-8-6-14(7-9-15)16-4-3-10-19-12-16/h1-12H,13H2,(H,21,22). The zero-order valence-electron chi connectivity index (χ0n) is 11.9. The lowest BCUT2D eigenvalue weighted by Crippen LogP contribution is -2.23. The summed E-state index contributed by atoms with van der Waals surface area (Å²) >= 11 is 0. The highest BCUT2D eigenvalue weighted by molar-refractivity contribution is 5.94. The Balaban J connectivity index is 1.66. The van der Waals surface area contributed by atoms with Gasteiger partial charge in [0.2, 0.25) is 0 Å². The maximum atomic E-state index is 12.1. The van der Waals surface area contributed by atoms with Gasteiger partial charge in [-0.05, 0) is 41.5 Å². The SMILES string of the molecule is O=C(NCc1ccccn1)c1ccc(-c2cccnc2)cc1. The van der Waals surface area contributed by atoms with Crippen molar-refractivity contribution in [1.29, 1.82) is 0 Å². The molecule has 0 unspecified atom stereocenters. The van der Waals surface area contributed by atoms with Gasteiger partial charge in [0.1, 0.15) is 0 Å². The molecule has 3 aromatic rings. The lowest BCUT2D eigenvalue weighted by atomic mass is 10.1. The number of rotatable bonds is 4. The summed E-state index contributed by atoms with van der Waals surface area (Å²) < 4.78 is 0. The van der Waals surface area contributed by atoms with E-state index in [2.05, 4.69) is 15.3 Å². The fourth-order valence-electron chi connectivity index (χ4n) is 2.12. The van der Waals surface area contributed by atoms with Crippen LogP contribution in [0, 0.1) is 0 Å². The van der Waals surface area contributed by atoms with E-state index in [0.717, 1.165) is 16.8 Å². The summed E-state index contributed by atoms with van der Waals surface area (Å²) in [7, 11) is 0. The Morgan fingerprint density at radius 1 is 0.909 bits per heavy atom. The van der Waals surface area contributed by atoms with Crippen LogP contribution in [0.3, 0.4) is 0 Å². The maximum absolute atomic E-state index is 12.1. The Hall–Kier alpha value is -3.01. The van der Waals surface area contributed by atoms with Crippen molar-refractivity contribution in [1.82, 2.24) is 15.3 Å². The van der Waals surface area contributed by atoms with Crippen molar-refractivity contribution >= 4 is 5.91 Å². The van der Waals surface area contributed by atoms with E-state index in [9.17, 15) is 4.79 Å². The third-order valence-corrected chi connectivity index (χ3v) is 3.30. The zero-order valence-corrected chi connectivity index (χ0v) is 11.9. The van der Waals surface area contributed by atoms with Gasteiger partial charge < -0.3 is 5.32 Å². The minimum Gasteiger partial charge on any atom is -0.346 e. The molecule has 0 bridgehead atoms. The first-order valence-corrected chi connectivity index (χ1v) is 7.01. The van der Waals surface area contributed by atoms with Gasteiger partial charge in [0.05, 0.1) is 12.2 Å². The first-order valence-electron chi connectivity index (χ1n) is 7.01. The molecule has 0 radical (unpaired) electrons. The van der Waals surface area contributed by atoms with Crippen molar-refractivity contribution in [3.63, 3.8) is 0 Å². The van der Waals surface area contributed by atoms with Gasteiger partial charge in [-0.25, -0.2) is 0 Å². The summed E-state index contributed by atoms with van der Waals surface area (Å²) in [5, 5.41) is 2.86. The van der Waals surface area contributed by atoms with Crippen LogP contribution in [0.1, 0.15) is 16.1 Å². The number of carbonyl (C=O) groups excluding carboxylic acids is 1. The van der Waals surface area contributed by atoms with Gasteiger partial charge in [0.25, 0.3) is 5.91 Å². The Labute approximate surface area is 128 Å². The highest BCUT2D eigenvalue weighted by atomic mass is 16.1. The molecule has 0 fully saturated rings. The predicted molar refractivity (Wildman–Crippen MR) is 85.1 cm³/mol. The Morgan fingerprint density at radius 2 is 1.77 bits per heavy atom. The smallest absolute Gasteiger partial charge is 0.251 e. The summed E-state index contributed by atoms with van der Waals surface area (Å²) in [5.74, 6) is -0.108. The van der Waals surface area contributed by atoms with Gasteiger partial charge in [0, 0.05) is 24.2 Å². The molecule has 0 aliphatic carbocycles. The average molecular weight is 289 g/mol. The molecule has 108 valence electrons. The molecule has 2 aromatic heterocycles. The lowest BCUT2D eigenvalue weighted by molar-refractivity contribution is 0.0950. The molecule has 0 saturated carbocycles. The summed E-state index contributed by atoms with van der Waals surface area (Å²) in [5.41, 5.74) is 3.53. The molecule has 0 saturated heterocycles. The molecule has 1 aromatic carbocycles. The summed E-state index contributed by atoms with van der Waals surface area (Å²) in [6.45, 7) is 0.421. The Kier molecular flexibility index (Phi) is 4.20. The largest absolute Gasteiger partial charge is 0.346 e. The summed E-state index contributed by atoms with van der Waals surface area (Å²) in [6.07, 6.45) is 5.25. The Morgan fingerprint density at radius 3 is 2.45 bits per heavy atom. The quantitative estimate of drug-likeness (QED) is 0.803. The first-order chi connectivity index (χ1) is 10.8. The number of pyridine rings is 2. The number of hydrogen-bond acceptors (Lipinski definition) is 3. The Bertz CT molecular complexity index is 740. The van der Waals surface area contributed by atoms with Crippen LogP contribution in [0.2, 0.25) is 0 Å². The monoisotopic (exact) mass is 289 g/mol. The van der Waals surface area contributed by atoms with E-state index in [1.807, 2.05) is 54.6 Å². The van der Waals surface area contributed by atoms with Crippen LogP contribution in [0.15, 0.2) is 73.2 Å². The van der Waals surface area contributed by atoms with Gasteiger partial charge in [-0.1, -0.05) is 24.3 Å². The number of benzene rings is 1. The van der Waals surface area contributed by atoms with Crippen molar-refractivity contribution in [2.75, 3.05) is 0 Å². The summed E-state index contributed by atoms with van der Waals surface area (Å²) in [4.78, 5) is 20.4. The predicted octanol–water partition coefficient (Wildman–Crippen LogP) is 3.07. The molecule has 4 nitrogen and oxygen atoms in total. The van der Waals surface area contributed by atoms with Gasteiger partial charge >= 0.3 is 0 Å².